The van der Waals surface area contributed by atoms with E-state index in [2.05, 4.69) is 5.32 Å². The largest absolute Gasteiger partial charge is 0.375 e. The van der Waals surface area contributed by atoms with Crippen LogP contribution in [0.2, 0.25) is 0 Å². The summed E-state index contributed by atoms with van der Waals surface area (Å²) >= 11 is 0. The monoisotopic (exact) mass is 335 g/mol. The highest BCUT2D eigenvalue weighted by Crippen LogP contribution is 2.20. The van der Waals surface area contributed by atoms with E-state index in [9.17, 15) is 14.0 Å². The summed E-state index contributed by atoms with van der Waals surface area (Å²) in [6.45, 7) is 2.85. The molecule has 0 radical (unpaired) electrons. The molecular formula is C18H26FN3O2. The number of carbonyl (C=O) groups is 2. The molecule has 5 nitrogen and oxygen atoms in total. The zero-order chi connectivity index (χ0) is 17.7. The minimum Gasteiger partial charge on any atom is -0.375 e. The Morgan fingerprint density at radius 2 is 2.12 bits per heavy atom. The predicted molar refractivity (Wildman–Crippen MR) is 92.2 cm³/mol. The summed E-state index contributed by atoms with van der Waals surface area (Å²) in [5.74, 6) is -0.432. The van der Waals surface area contributed by atoms with Crippen LogP contribution in [0.25, 0.3) is 0 Å². The summed E-state index contributed by atoms with van der Waals surface area (Å²) in [7, 11) is 3.56. The van der Waals surface area contributed by atoms with Gasteiger partial charge < -0.3 is 15.1 Å². The van der Waals surface area contributed by atoms with Gasteiger partial charge in [0.25, 0.3) is 0 Å². The Bertz CT molecular complexity index is 604. The van der Waals surface area contributed by atoms with Gasteiger partial charge in [-0.15, -0.1) is 0 Å². The molecule has 0 aromatic heterocycles. The Kier molecular flexibility index (Phi) is 6.17. The van der Waals surface area contributed by atoms with Crippen molar-refractivity contribution < 1.29 is 14.0 Å². The number of anilines is 1. The highest BCUT2D eigenvalue weighted by molar-refractivity contribution is 5.88. The third-order valence-corrected chi connectivity index (χ3v) is 4.30. The highest BCUT2D eigenvalue weighted by Gasteiger charge is 2.33. The Labute approximate surface area is 142 Å². The standard InChI is InChI=1S/C18H26FN3O2/c1-4-6-17(23)22-10-5-7-16(22)18(24)20-12-13-8-9-15(21(2)3)14(19)11-13/h8-9,11,16H,4-7,10,12H2,1-3H3,(H,20,24)/t16-/m0/s1. The average Bonchev–Trinajstić information content (AvgIpc) is 3.02. The molecule has 132 valence electrons. The van der Waals surface area contributed by atoms with Crippen molar-refractivity contribution in [3.63, 3.8) is 0 Å². The molecule has 1 N–H and O–H groups in total. The van der Waals surface area contributed by atoms with Gasteiger partial charge in [-0.05, 0) is 37.0 Å². The van der Waals surface area contributed by atoms with Crippen LogP contribution in [-0.2, 0) is 16.1 Å². The van der Waals surface area contributed by atoms with E-state index in [1.807, 2.05) is 6.92 Å². The molecule has 0 spiro atoms. The van der Waals surface area contributed by atoms with Crippen molar-refractivity contribution in [2.45, 2.75) is 45.2 Å². The summed E-state index contributed by atoms with van der Waals surface area (Å²) in [6.07, 6.45) is 2.79. The first-order valence-electron chi connectivity index (χ1n) is 8.47. The first-order valence-corrected chi connectivity index (χ1v) is 8.47. The van der Waals surface area contributed by atoms with E-state index >= 15 is 0 Å². The second kappa shape index (κ2) is 8.13. The lowest BCUT2D eigenvalue weighted by molar-refractivity contribution is -0.138. The van der Waals surface area contributed by atoms with Gasteiger partial charge in [-0.25, -0.2) is 4.39 Å². The maximum absolute atomic E-state index is 14.0. The Morgan fingerprint density at radius 3 is 2.75 bits per heavy atom. The number of benzene rings is 1. The van der Waals surface area contributed by atoms with Crippen molar-refractivity contribution in [2.75, 3.05) is 25.5 Å². The SMILES string of the molecule is CCCC(=O)N1CCC[C@H]1C(=O)NCc1ccc(N(C)C)c(F)c1. The van der Waals surface area contributed by atoms with Gasteiger partial charge in [0.1, 0.15) is 11.9 Å². The molecule has 1 fully saturated rings. The summed E-state index contributed by atoms with van der Waals surface area (Å²) in [4.78, 5) is 27.8. The lowest BCUT2D eigenvalue weighted by atomic mass is 10.1. The van der Waals surface area contributed by atoms with Gasteiger partial charge in [-0.1, -0.05) is 13.0 Å². The number of amides is 2. The smallest absolute Gasteiger partial charge is 0.243 e. The van der Waals surface area contributed by atoms with Crippen molar-refractivity contribution in [1.29, 1.82) is 0 Å². The quantitative estimate of drug-likeness (QED) is 0.868. The van der Waals surface area contributed by atoms with Crippen molar-refractivity contribution in [3.05, 3.63) is 29.6 Å². The van der Waals surface area contributed by atoms with Crippen molar-refractivity contribution in [3.8, 4) is 0 Å². The topological polar surface area (TPSA) is 52.7 Å². The zero-order valence-electron chi connectivity index (χ0n) is 14.6. The molecule has 1 saturated heterocycles. The maximum atomic E-state index is 14.0. The zero-order valence-corrected chi connectivity index (χ0v) is 14.6. The average molecular weight is 335 g/mol. The van der Waals surface area contributed by atoms with Gasteiger partial charge >= 0.3 is 0 Å². The molecule has 6 heteroatoms. The predicted octanol–water partition coefficient (Wildman–Crippen LogP) is 2.30. The molecule has 0 aliphatic carbocycles. The number of hydrogen-bond donors (Lipinski definition) is 1. The minimum absolute atomic E-state index is 0.0385. The van der Waals surface area contributed by atoms with E-state index < -0.39 is 6.04 Å². The molecule has 1 aliphatic heterocycles. The van der Waals surface area contributed by atoms with Crippen LogP contribution in [0.15, 0.2) is 18.2 Å². The van der Waals surface area contributed by atoms with Gasteiger partial charge in [0.05, 0.1) is 5.69 Å². The number of nitrogens with zero attached hydrogens (tertiary/aromatic N) is 2. The van der Waals surface area contributed by atoms with Gasteiger partial charge in [-0.3, -0.25) is 9.59 Å². The normalized spacial score (nSPS) is 17.0. The third-order valence-electron chi connectivity index (χ3n) is 4.30. The van der Waals surface area contributed by atoms with E-state index in [0.29, 0.717) is 30.6 Å². The Morgan fingerprint density at radius 1 is 1.38 bits per heavy atom. The summed E-state index contributed by atoms with van der Waals surface area (Å²) in [5, 5.41) is 2.83. The molecule has 0 saturated carbocycles. The second-order valence-corrected chi connectivity index (χ2v) is 6.39. The molecule has 2 amide bonds. The van der Waals surface area contributed by atoms with Crippen molar-refractivity contribution in [1.82, 2.24) is 10.2 Å². The van der Waals surface area contributed by atoms with Crippen LogP contribution in [0.5, 0.6) is 0 Å². The Hall–Kier alpha value is -2.11. The fraction of sp³-hybridized carbons (Fsp3) is 0.556. The molecule has 1 aromatic carbocycles. The number of halogens is 1. The molecule has 0 unspecified atom stereocenters. The lowest BCUT2D eigenvalue weighted by Crippen LogP contribution is -2.45. The minimum atomic E-state index is -0.394. The number of nitrogens with one attached hydrogen (secondary N) is 1. The van der Waals surface area contributed by atoms with E-state index in [4.69, 9.17) is 0 Å². The maximum Gasteiger partial charge on any atom is 0.243 e. The molecule has 1 aromatic rings. The molecule has 0 bridgehead atoms. The summed E-state index contributed by atoms with van der Waals surface area (Å²) in [6, 6.07) is 4.54. The fourth-order valence-electron chi connectivity index (χ4n) is 3.03. The van der Waals surface area contributed by atoms with Crippen molar-refractivity contribution >= 4 is 17.5 Å². The molecule has 24 heavy (non-hydrogen) atoms. The van der Waals surface area contributed by atoms with Gasteiger partial charge in [0.15, 0.2) is 0 Å². The van der Waals surface area contributed by atoms with Gasteiger partial charge in [0, 0.05) is 33.6 Å². The van der Waals surface area contributed by atoms with E-state index in [1.54, 1.807) is 36.0 Å². The summed E-state index contributed by atoms with van der Waals surface area (Å²) < 4.78 is 14.0. The number of likely N-dealkylation sites (tertiary alicyclic amines) is 1. The lowest BCUT2D eigenvalue weighted by Gasteiger charge is -2.24. The molecule has 2 rings (SSSR count). The van der Waals surface area contributed by atoms with Crippen LogP contribution >= 0.6 is 0 Å². The van der Waals surface area contributed by atoms with E-state index in [-0.39, 0.29) is 24.2 Å². The first kappa shape index (κ1) is 18.2. The second-order valence-electron chi connectivity index (χ2n) is 6.39. The van der Waals surface area contributed by atoms with Crippen LogP contribution in [0.1, 0.15) is 38.2 Å². The molecule has 1 heterocycles. The molecule has 1 aliphatic rings. The number of carbonyl (C=O) groups excluding carboxylic acids is 2. The fourth-order valence-corrected chi connectivity index (χ4v) is 3.03. The van der Waals surface area contributed by atoms with E-state index in [1.165, 1.54) is 6.07 Å². The van der Waals surface area contributed by atoms with Crippen LogP contribution in [0, 0.1) is 5.82 Å². The highest BCUT2D eigenvalue weighted by atomic mass is 19.1. The Balaban J connectivity index is 1.95. The van der Waals surface area contributed by atoms with Crippen LogP contribution in [0.4, 0.5) is 10.1 Å². The number of hydrogen-bond acceptors (Lipinski definition) is 3. The third kappa shape index (κ3) is 4.24. The van der Waals surface area contributed by atoms with Crippen LogP contribution in [-0.4, -0.2) is 43.4 Å². The molecular weight excluding hydrogens is 309 g/mol. The van der Waals surface area contributed by atoms with Gasteiger partial charge in [0.2, 0.25) is 11.8 Å². The van der Waals surface area contributed by atoms with Crippen LogP contribution < -0.4 is 10.2 Å². The van der Waals surface area contributed by atoms with Crippen molar-refractivity contribution in [2.24, 2.45) is 0 Å². The summed E-state index contributed by atoms with van der Waals surface area (Å²) in [5.41, 5.74) is 1.22. The molecule has 1 atom stereocenters. The van der Waals surface area contributed by atoms with Gasteiger partial charge in [-0.2, -0.15) is 0 Å². The van der Waals surface area contributed by atoms with Crippen LogP contribution in [0.3, 0.4) is 0 Å². The number of rotatable bonds is 6. The first-order chi connectivity index (χ1) is 11.4. The van der Waals surface area contributed by atoms with E-state index in [0.717, 1.165) is 12.8 Å².